The van der Waals surface area contributed by atoms with E-state index in [9.17, 15) is 19.3 Å². The fourth-order valence-corrected chi connectivity index (χ4v) is 2.10. The van der Waals surface area contributed by atoms with Gasteiger partial charge in [0, 0.05) is 19.7 Å². The Kier molecular flexibility index (Phi) is 4.14. The van der Waals surface area contributed by atoms with Crippen LogP contribution in [0, 0.1) is 15.9 Å². The van der Waals surface area contributed by atoms with Crippen LogP contribution in [-0.4, -0.2) is 42.3 Å². The van der Waals surface area contributed by atoms with Crippen LogP contribution in [0.25, 0.3) is 0 Å². The molecule has 1 N–H and O–H groups in total. The lowest BCUT2D eigenvalue weighted by Gasteiger charge is -2.22. The molecule has 0 saturated carbocycles. The smallest absolute Gasteiger partial charge is 0.338 e. The molecule has 0 spiro atoms. The van der Waals surface area contributed by atoms with E-state index in [4.69, 9.17) is 9.84 Å². The van der Waals surface area contributed by atoms with Gasteiger partial charge in [-0.15, -0.1) is 0 Å². The Balaban J connectivity index is 2.49. The van der Waals surface area contributed by atoms with Crippen molar-refractivity contribution in [3.05, 3.63) is 33.6 Å². The molecule has 0 unspecified atom stereocenters. The molecular formula is C12H13FN2O5. The highest BCUT2D eigenvalue weighted by atomic mass is 19.1. The molecule has 108 valence electrons. The van der Waals surface area contributed by atoms with E-state index in [-0.39, 0.29) is 5.69 Å². The third kappa shape index (κ3) is 2.85. The third-order valence-corrected chi connectivity index (χ3v) is 3.05. The largest absolute Gasteiger partial charge is 0.478 e. The highest BCUT2D eigenvalue weighted by molar-refractivity contribution is 5.90. The minimum Gasteiger partial charge on any atom is -0.478 e. The van der Waals surface area contributed by atoms with E-state index in [1.807, 2.05) is 0 Å². The molecule has 1 aliphatic heterocycles. The average Bonchev–Trinajstić information content (AvgIpc) is 2.66. The Morgan fingerprint density at radius 3 is 2.80 bits per heavy atom. The molecule has 1 aromatic carbocycles. The second kappa shape index (κ2) is 5.83. The van der Waals surface area contributed by atoms with E-state index >= 15 is 0 Å². The Hall–Kier alpha value is -2.22. The van der Waals surface area contributed by atoms with Crippen molar-refractivity contribution in [1.82, 2.24) is 0 Å². The molecular weight excluding hydrogens is 271 g/mol. The van der Waals surface area contributed by atoms with Crippen molar-refractivity contribution in [1.29, 1.82) is 0 Å². The first kappa shape index (κ1) is 14.2. The number of hydrogen-bond acceptors (Lipinski definition) is 5. The maximum Gasteiger partial charge on any atom is 0.338 e. The summed E-state index contributed by atoms with van der Waals surface area (Å²) in [7, 11) is 0. The summed E-state index contributed by atoms with van der Waals surface area (Å²) in [6, 6.07) is 1.67. The number of ether oxygens (including phenoxy) is 1. The molecule has 0 aliphatic carbocycles. The SMILES string of the molecule is O=C(O)c1cc(N2CCCOCC2)c([N+](=O)[O-])cc1F. The van der Waals surface area contributed by atoms with E-state index in [0.717, 1.165) is 6.07 Å². The maximum atomic E-state index is 13.6. The fourth-order valence-electron chi connectivity index (χ4n) is 2.10. The monoisotopic (exact) mass is 284 g/mol. The first-order valence-corrected chi connectivity index (χ1v) is 6.04. The van der Waals surface area contributed by atoms with Crippen LogP contribution in [-0.2, 0) is 4.74 Å². The first-order chi connectivity index (χ1) is 9.50. The summed E-state index contributed by atoms with van der Waals surface area (Å²) >= 11 is 0. The topological polar surface area (TPSA) is 92.9 Å². The van der Waals surface area contributed by atoms with Crippen LogP contribution in [0.3, 0.4) is 0 Å². The van der Waals surface area contributed by atoms with Crippen molar-refractivity contribution in [2.24, 2.45) is 0 Å². The van der Waals surface area contributed by atoms with Crippen molar-refractivity contribution < 1.29 is 24.0 Å². The molecule has 0 aromatic heterocycles. The number of hydrogen-bond donors (Lipinski definition) is 1. The lowest BCUT2D eigenvalue weighted by atomic mass is 10.1. The van der Waals surface area contributed by atoms with Crippen molar-refractivity contribution >= 4 is 17.3 Å². The Bertz CT molecular complexity index is 541. The van der Waals surface area contributed by atoms with Crippen LogP contribution in [0.5, 0.6) is 0 Å². The molecule has 0 radical (unpaired) electrons. The number of nitro groups is 1. The van der Waals surface area contributed by atoms with Gasteiger partial charge in [0.25, 0.3) is 5.69 Å². The predicted octanol–water partition coefficient (Wildman–Crippen LogP) is 1.66. The van der Waals surface area contributed by atoms with Crippen molar-refractivity contribution in [3.8, 4) is 0 Å². The summed E-state index contributed by atoms with van der Waals surface area (Å²) in [5, 5.41) is 19.9. The normalized spacial score (nSPS) is 15.8. The number of halogens is 1. The number of aromatic carboxylic acids is 1. The summed E-state index contributed by atoms with van der Waals surface area (Å²) in [6.07, 6.45) is 0.664. The predicted molar refractivity (Wildman–Crippen MR) is 67.7 cm³/mol. The molecule has 1 saturated heterocycles. The third-order valence-electron chi connectivity index (χ3n) is 3.05. The van der Waals surface area contributed by atoms with Gasteiger partial charge in [-0.25, -0.2) is 9.18 Å². The molecule has 2 rings (SSSR count). The van der Waals surface area contributed by atoms with E-state index in [1.54, 1.807) is 4.90 Å². The fraction of sp³-hybridized carbons (Fsp3) is 0.417. The number of carbonyl (C=O) groups is 1. The second-order valence-corrected chi connectivity index (χ2v) is 4.34. The lowest BCUT2D eigenvalue weighted by Crippen LogP contribution is -2.27. The maximum absolute atomic E-state index is 13.6. The first-order valence-electron chi connectivity index (χ1n) is 6.04. The van der Waals surface area contributed by atoms with Gasteiger partial charge in [0.2, 0.25) is 0 Å². The van der Waals surface area contributed by atoms with Crippen LogP contribution in [0.4, 0.5) is 15.8 Å². The number of anilines is 1. The molecule has 20 heavy (non-hydrogen) atoms. The standard InChI is InChI=1S/C12H13FN2O5/c13-9-7-11(15(18)19)10(6-8(9)12(16)17)14-2-1-4-20-5-3-14/h6-7H,1-5H2,(H,16,17). The molecule has 1 aromatic rings. The van der Waals surface area contributed by atoms with Gasteiger partial charge in [0.15, 0.2) is 0 Å². The molecule has 0 bridgehead atoms. The van der Waals surface area contributed by atoms with Crippen LogP contribution in [0.1, 0.15) is 16.8 Å². The van der Waals surface area contributed by atoms with Gasteiger partial charge in [-0.2, -0.15) is 0 Å². The number of nitro benzene ring substituents is 1. The summed E-state index contributed by atoms with van der Waals surface area (Å²) < 4.78 is 18.8. The van der Waals surface area contributed by atoms with Gasteiger partial charge >= 0.3 is 5.97 Å². The van der Waals surface area contributed by atoms with Crippen LogP contribution in [0.2, 0.25) is 0 Å². The van der Waals surface area contributed by atoms with Gasteiger partial charge in [0.05, 0.1) is 23.2 Å². The quantitative estimate of drug-likeness (QED) is 0.670. The summed E-state index contributed by atoms with van der Waals surface area (Å²) in [4.78, 5) is 22.9. The Labute approximate surface area is 113 Å². The molecule has 8 heteroatoms. The summed E-state index contributed by atoms with van der Waals surface area (Å²) in [5.41, 5.74) is -0.899. The Morgan fingerprint density at radius 2 is 2.15 bits per heavy atom. The molecule has 1 fully saturated rings. The highest BCUT2D eigenvalue weighted by Gasteiger charge is 2.25. The van der Waals surface area contributed by atoms with E-state index < -0.39 is 28.0 Å². The molecule has 1 aliphatic rings. The Morgan fingerprint density at radius 1 is 1.40 bits per heavy atom. The van der Waals surface area contributed by atoms with Gasteiger partial charge in [0.1, 0.15) is 11.5 Å². The summed E-state index contributed by atoms with van der Waals surface area (Å²) in [6.45, 7) is 1.81. The summed E-state index contributed by atoms with van der Waals surface area (Å²) in [5.74, 6) is -2.57. The van der Waals surface area contributed by atoms with Gasteiger partial charge in [-0.3, -0.25) is 10.1 Å². The zero-order valence-corrected chi connectivity index (χ0v) is 10.5. The van der Waals surface area contributed by atoms with Gasteiger partial charge in [-0.05, 0) is 12.5 Å². The zero-order valence-electron chi connectivity index (χ0n) is 10.5. The highest BCUT2D eigenvalue weighted by Crippen LogP contribution is 2.31. The number of carboxylic acids is 1. The van der Waals surface area contributed by atoms with Crippen molar-refractivity contribution in [2.75, 3.05) is 31.2 Å². The van der Waals surface area contributed by atoms with Crippen molar-refractivity contribution in [2.45, 2.75) is 6.42 Å². The number of nitrogens with zero attached hydrogens (tertiary/aromatic N) is 2. The number of rotatable bonds is 3. The van der Waals surface area contributed by atoms with Gasteiger partial charge < -0.3 is 14.7 Å². The van der Waals surface area contributed by atoms with E-state index in [1.165, 1.54) is 0 Å². The van der Waals surface area contributed by atoms with Crippen LogP contribution < -0.4 is 4.90 Å². The van der Waals surface area contributed by atoms with E-state index in [2.05, 4.69) is 0 Å². The van der Waals surface area contributed by atoms with Gasteiger partial charge in [-0.1, -0.05) is 0 Å². The lowest BCUT2D eigenvalue weighted by molar-refractivity contribution is -0.384. The van der Waals surface area contributed by atoms with Crippen LogP contribution in [0.15, 0.2) is 12.1 Å². The van der Waals surface area contributed by atoms with E-state index in [0.29, 0.717) is 38.8 Å². The minimum atomic E-state index is -1.45. The molecule has 1 heterocycles. The molecule has 0 amide bonds. The molecule has 7 nitrogen and oxygen atoms in total. The number of carboxylic acid groups (broad SMARTS) is 1. The van der Waals surface area contributed by atoms with Crippen molar-refractivity contribution in [3.63, 3.8) is 0 Å². The number of benzene rings is 1. The van der Waals surface area contributed by atoms with Crippen LogP contribution >= 0.6 is 0 Å². The average molecular weight is 284 g/mol. The second-order valence-electron chi connectivity index (χ2n) is 4.34. The minimum absolute atomic E-state index is 0.110. The molecule has 0 atom stereocenters. The zero-order chi connectivity index (χ0) is 14.7.